The number of para-hydroxylation sites is 1. The van der Waals surface area contributed by atoms with Gasteiger partial charge in [-0.25, -0.2) is 0 Å². The van der Waals surface area contributed by atoms with Crippen LogP contribution in [0.5, 0.6) is 5.75 Å². The van der Waals surface area contributed by atoms with Gasteiger partial charge in [0.1, 0.15) is 11.9 Å². The average Bonchev–Trinajstić information content (AvgIpc) is 3.00. The maximum Gasteiger partial charge on any atom is 0.230 e. The fraction of sp³-hybridized carbons (Fsp3) is 0.533. The summed E-state index contributed by atoms with van der Waals surface area (Å²) in [6, 6.07) is 7.72. The monoisotopic (exact) mass is 276 g/mol. The van der Waals surface area contributed by atoms with Gasteiger partial charge in [-0.15, -0.1) is 0 Å². The van der Waals surface area contributed by atoms with Crippen LogP contribution in [0.3, 0.4) is 0 Å². The van der Waals surface area contributed by atoms with Crippen molar-refractivity contribution in [3.8, 4) is 5.75 Å². The molecule has 5 nitrogen and oxygen atoms in total. The highest BCUT2D eigenvalue weighted by Gasteiger charge is 2.44. The zero-order valence-corrected chi connectivity index (χ0v) is 11.6. The van der Waals surface area contributed by atoms with Crippen LogP contribution >= 0.6 is 0 Å². The molecule has 1 amide bonds. The summed E-state index contributed by atoms with van der Waals surface area (Å²) in [6.45, 7) is 3.17. The molecule has 0 saturated carbocycles. The van der Waals surface area contributed by atoms with E-state index < -0.39 is 5.41 Å². The van der Waals surface area contributed by atoms with E-state index in [1.54, 1.807) is 0 Å². The maximum atomic E-state index is 12.3. The largest absolute Gasteiger partial charge is 0.488 e. The first-order valence-electron chi connectivity index (χ1n) is 6.96. The van der Waals surface area contributed by atoms with Crippen molar-refractivity contribution in [3.63, 3.8) is 0 Å². The Morgan fingerprint density at radius 2 is 2.30 bits per heavy atom. The standard InChI is InChI=1S/C15H20N2O3/c1-15(9-19-8-13(15)16)14(18)17-7-11-6-10-4-2-3-5-12(10)20-11/h2-5,11,13H,6-9,16H2,1H3,(H,17,18). The zero-order chi connectivity index (χ0) is 14.2. The molecule has 3 N–H and O–H groups in total. The molecule has 5 heteroatoms. The second kappa shape index (κ2) is 5.07. The van der Waals surface area contributed by atoms with E-state index in [4.69, 9.17) is 15.2 Å². The summed E-state index contributed by atoms with van der Waals surface area (Å²) in [5, 5.41) is 2.95. The fourth-order valence-corrected chi connectivity index (χ4v) is 2.70. The van der Waals surface area contributed by atoms with Crippen molar-refractivity contribution >= 4 is 5.91 Å². The van der Waals surface area contributed by atoms with Crippen LogP contribution in [0.25, 0.3) is 0 Å². The van der Waals surface area contributed by atoms with E-state index in [0.717, 1.165) is 12.2 Å². The van der Waals surface area contributed by atoms with Crippen LogP contribution in [0.15, 0.2) is 24.3 Å². The van der Waals surface area contributed by atoms with Gasteiger partial charge in [0, 0.05) is 12.5 Å². The van der Waals surface area contributed by atoms with Crippen molar-refractivity contribution in [3.05, 3.63) is 29.8 Å². The number of carbonyl (C=O) groups is 1. The molecule has 2 aliphatic rings. The SMILES string of the molecule is CC1(C(=O)NCC2Cc3ccccc3O2)COCC1N. The molecule has 0 radical (unpaired) electrons. The lowest BCUT2D eigenvalue weighted by atomic mass is 9.85. The molecule has 2 aliphatic heterocycles. The summed E-state index contributed by atoms with van der Waals surface area (Å²) >= 11 is 0. The Bertz CT molecular complexity index is 495. The second-order valence-corrected chi connectivity index (χ2v) is 5.80. The molecule has 3 atom stereocenters. The Morgan fingerprint density at radius 3 is 3.00 bits per heavy atom. The summed E-state index contributed by atoms with van der Waals surface area (Å²) in [5.74, 6) is 0.862. The quantitative estimate of drug-likeness (QED) is 0.841. The van der Waals surface area contributed by atoms with Crippen LogP contribution in [0.4, 0.5) is 0 Å². The molecule has 2 heterocycles. The van der Waals surface area contributed by atoms with Crippen LogP contribution in [-0.2, 0) is 16.0 Å². The molecule has 1 aromatic carbocycles. The van der Waals surface area contributed by atoms with E-state index in [9.17, 15) is 4.79 Å². The summed E-state index contributed by atoms with van der Waals surface area (Å²) < 4.78 is 11.1. The van der Waals surface area contributed by atoms with Crippen LogP contribution < -0.4 is 15.8 Å². The van der Waals surface area contributed by atoms with Crippen LogP contribution in [0, 0.1) is 5.41 Å². The molecule has 0 aliphatic carbocycles. The van der Waals surface area contributed by atoms with Gasteiger partial charge in [0.05, 0.1) is 25.2 Å². The minimum Gasteiger partial charge on any atom is -0.488 e. The first-order chi connectivity index (χ1) is 9.59. The van der Waals surface area contributed by atoms with Gasteiger partial charge in [0.15, 0.2) is 0 Å². The summed E-state index contributed by atoms with van der Waals surface area (Å²) in [5.41, 5.74) is 6.51. The number of rotatable bonds is 3. The van der Waals surface area contributed by atoms with Crippen molar-refractivity contribution < 1.29 is 14.3 Å². The molecule has 0 spiro atoms. The van der Waals surface area contributed by atoms with Crippen molar-refractivity contribution in [2.24, 2.45) is 11.1 Å². The topological polar surface area (TPSA) is 73.6 Å². The number of nitrogens with two attached hydrogens (primary N) is 1. The normalized spacial score (nSPS) is 31.7. The van der Waals surface area contributed by atoms with E-state index in [1.807, 2.05) is 25.1 Å². The van der Waals surface area contributed by atoms with Crippen molar-refractivity contribution in [2.45, 2.75) is 25.5 Å². The Morgan fingerprint density at radius 1 is 1.50 bits per heavy atom. The molecule has 108 valence electrons. The molecule has 20 heavy (non-hydrogen) atoms. The van der Waals surface area contributed by atoms with Gasteiger partial charge in [-0.1, -0.05) is 18.2 Å². The highest BCUT2D eigenvalue weighted by molar-refractivity contribution is 5.83. The van der Waals surface area contributed by atoms with Gasteiger partial charge >= 0.3 is 0 Å². The van der Waals surface area contributed by atoms with E-state index >= 15 is 0 Å². The third kappa shape index (κ3) is 2.27. The van der Waals surface area contributed by atoms with Crippen molar-refractivity contribution in [2.75, 3.05) is 19.8 Å². The number of hydrogen-bond acceptors (Lipinski definition) is 4. The number of nitrogens with one attached hydrogen (secondary N) is 1. The molecule has 1 saturated heterocycles. The predicted octanol–water partition coefficient (Wildman–Crippen LogP) is 0.470. The van der Waals surface area contributed by atoms with E-state index in [0.29, 0.717) is 19.8 Å². The molecular weight excluding hydrogens is 256 g/mol. The second-order valence-electron chi connectivity index (χ2n) is 5.80. The Balaban J connectivity index is 1.55. The first-order valence-corrected chi connectivity index (χ1v) is 6.96. The number of hydrogen-bond donors (Lipinski definition) is 2. The van der Waals surface area contributed by atoms with Gasteiger partial charge in [0.25, 0.3) is 0 Å². The van der Waals surface area contributed by atoms with Crippen molar-refractivity contribution in [1.82, 2.24) is 5.32 Å². The molecule has 3 unspecified atom stereocenters. The van der Waals surface area contributed by atoms with Gasteiger partial charge in [0.2, 0.25) is 5.91 Å². The number of benzene rings is 1. The molecule has 1 aromatic rings. The van der Waals surface area contributed by atoms with Crippen LogP contribution in [0.2, 0.25) is 0 Å². The number of carbonyl (C=O) groups excluding carboxylic acids is 1. The lowest BCUT2D eigenvalue weighted by molar-refractivity contribution is -0.131. The van der Waals surface area contributed by atoms with Crippen LogP contribution in [-0.4, -0.2) is 37.8 Å². The zero-order valence-electron chi connectivity index (χ0n) is 11.6. The average molecular weight is 276 g/mol. The molecule has 0 aromatic heterocycles. The van der Waals surface area contributed by atoms with E-state index in [2.05, 4.69) is 11.4 Å². The lowest BCUT2D eigenvalue weighted by Gasteiger charge is -2.26. The lowest BCUT2D eigenvalue weighted by Crippen LogP contribution is -2.51. The van der Waals surface area contributed by atoms with Gasteiger partial charge in [-0.2, -0.15) is 0 Å². The first kappa shape index (κ1) is 13.4. The third-order valence-corrected chi connectivity index (χ3v) is 4.24. The maximum absolute atomic E-state index is 12.3. The minimum atomic E-state index is -0.633. The number of amides is 1. The Kier molecular flexibility index (Phi) is 3.40. The highest BCUT2D eigenvalue weighted by Crippen LogP contribution is 2.29. The van der Waals surface area contributed by atoms with Gasteiger partial charge in [-0.3, -0.25) is 4.79 Å². The van der Waals surface area contributed by atoms with E-state index in [1.165, 1.54) is 5.56 Å². The fourth-order valence-electron chi connectivity index (χ4n) is 2.70. The molecule has 1 fully saturated rings. The van der Waals surface area contributed by atoms with E-state index in [-0.39, 0.29) is 18.1 Å². The predicted molar refractivity (Wildman–Crippen MR) is 74.5 cm³/mol. The Hall–Kier alpha value is -1.59. The van der Waals surface area contributed by atoms with Crippen molar-refractivity contribution in [1.29, 1.82) is 0 Å². The summed E-state index contributed by atoms with van der Waals surface area (Å²) in [7, 11) is 0. The van der Waals surface area contributed by atoms with Gasteiger partial charge < -0.3 is 20.5 Å². The molecular formula is C15H20N2O3. The highest BCUT2D eigenvalue weighted by atomic mass is 16.5. The third-order valence-electron chi connectivity index (χ3n) is 4.24. The molecule has 0 bridgehead atoms. The smallest absolute Gasteiger partial charge is 0.230 e. The summed E-state index contributed by atoms with van der Waals surface area (Å²) in [6.07, 6.45) is 0.828. The van der Waals surface area contributed by atoms with Crippen LogP contribution in [0.1, 0.15) is 12.5 Å². The molecule has 3 rings (SSSR count). The summed E-state index contributed by atoms with van der Waals surface area (Å²) in [4.78, 5) is 12.3. The minimum absolute atomic E-state index is 0.00139. The number of fused-ring (bicyclic) bond motifs is 1. The number of ether oxygens (including phenoxy) is 2. The Labute approximate surface area is 118 Å². The van der Waals surface area contributed by atoms with Gasteiger partial charge in [-0.05, 0) is 18.6 Å².